The zero-order valence-electron chi connectivity index (χ0n) is 16.1. The third-order valence-corrected chi connectivity index (χ3v) is 5.79. The fourth-order valence-electron chi connectivity index (χ4n) is 3.95. The second-order valence-electron chi connectivity index (χ2n) is 7.22. The Hall–Kier alpha value is -2.35. The Bertz CT molecular complexity index is 1010. The summed E-state index contributed by atoms with van der Waals surface area (Å²) < 4.78 is 9.42. The number of hydroxylamine groups is 1. The first-order valence-electron chi connectivity index (χ1n) is 9.80. The van der Waals surface area contributed by atoms with E-state index in [1.54, 1.807) is 5.48 Å². The number of nitrogens with one attached hydrogen (secondary N) is 2. The number of ether oxygens (including phenoxy) is 1. The normalized spacial score (nSPS) is 13.3. The largest absolute Gasteiger partial charge is 0.494 e. The maximum atomic E-state index is 11.2. The van der Waals surface area contributed by atoms with E-state index in [2.05, 4.69) is 44.0 Å². The molecule has 1 aromatic heterocycles. The van der Waals surface area contributed by atoms with Crippen LogP contribution in [0.4, 0.5) is 0 Å². The molecule has 1 amide bonds. The number of rotatable bonds is 7. The topological polar surface area (TPSA) is 75.5 Å². The zero-order valence-corrected chi connectivity index (χ0v) is 17.7. The quantitative estimate of drug-likeness (QED) is 0.288. The van der Waals surface area contributed by atoms with Gasteiger partial charge in [-0.25, -0.2) is 5.48 Å². The van der Waals surface area contributed by atoms with E-state index in [0.717, 1.165) is 48.3 Å². The molecule has 0 aliphatic carbocycles. The first-order valence-corrected chi connectivity index (χ1v) is 10.6. The van der Waals surface area contributed by atoms with Crippen molar-refractivity contribution in [3.05, 3.63) is 63.8 Å². The van der Waals surface area contributed by atoms with E-state index in [1.165, 1.54) is 22.2 Å². The smallest absolute Gasteiger partial charge is 0.247 e. The molecule has 3 N–H and O–H groups in total. The Kier molecular flexibility index (Phi) is 6.18. The lowest BCUT2D eigenvalue weighted by atomic mass is 10.1. The van der Waals surface area contributed by atoms with E-state index in [9.17, 15) is 4.79 Å². The van der Waals surface area contributed by atoms with Crippen LogP contribution in [0.5, 0.6) is 5.75 Å². The maximum absolute atomic E-state index is 11.2. The Morgan fingerprint density at radius 2 is 2.07 bits per heavy atom. The summed E-state index contributed by atoms with van der Waals surface area (Å²) in [5.74, 6) is 0.352. The number of aryl methyl sites for hydroxylation is 1. The van der Waals surface area contributed by atoms with Gasteiger partial charge in [-0.05, 0) is 60.8 Å². The average molecular weight is 458 g/mol. The van der Waals surface area contributed by atoms with Crippen LogP contribution in [-0.2, 0) is 30.7 Å². The van der Waals surface area contributed by atoms with Gasteiger partial charge in [0.05, 0.1) is 13.0 Å². The second kappa shape index (κ2) is 8.98. The minimum atomic E-state index is -0.428. The van der Waals surface area contributed by atoms with Crippen molar-refractivity contribution in [2.24, 2.45) is 0 Å². The van der Waals surface area contributed by atoms with E-state index in [1.807, 2.05) is 24.3 Å². The van der Waals surface area contributed by atoms with Gasteiger partial charge in [0.1, 0.15) is 5.75 Å². The number of carbonyl (C=O) groups is 1. The monoisotopic (exact) mass is 457 g/mol. The van der Waals surface area contributed by atoms with E-state index < -0.39 is 5.91 Å². The van der Waals surface area contributed by atoms with Crippen molar-refractivity contribution in [3.63, 3.8) is 0 Å². The molecule has 3 aromatic rings. The SMILES string of the molecule is O=C(Cc1ccc(OCCCn2c3c(c4cc(Br)ccc42)CCNC3)cc1)NO. The maximum Gasteiger partial charge on any atom is 0.247 e. The van der Waals surface area contributed by atoms with Gasteiger partial charge in [-0.15, -0.1) is 0 Å². The number of carbonyl (C=O) groups excluding carboxylic acids is 1. The summed E-state index contributed by atoms with van der Waals surface area (Å²) >= 11 is 3.60. The van der Waals surface area contributed by atoms with Crippen molar-refractivity contribution in [1.82, 2.24) is 15.4 Å². The highest BCUT2D eigenvalue weighted by atomic mass is 79.9. The van der Waals surface area contributed by atoms with Crippen LogP contribution in [0.1, 0.15) is 23.2 Å². The van der Waals surface area contributed by atoms with Crippen LogP contribution in [0.2, 0.25) is 0 Å². The molecule has 0 fully saturated rings. The van der Waals surface area contributed by atoms with Crippen LogP contribution in [0.3, 0.4) is 0 Å². The molecule has 0 saturated heterocycles. The Morgan fingerprint density at radius 1 is 1.24 bits per heavy atom. The van der Waals surface area contributed by atoms with Crippen molar-refractivity contribution in [3.8, 4) is 5.75 Å². The second-order valence-corrected chi connectivity index (χ2v) is 8.14. The van der Waals surface area contributed by atoms with E-state index in [4.69, 9.17) is 9.94 Å². The predicted molar refractivity (Wildman–Crippen MR) is 115 cm³/mol. The van der Waals surface area contributed by atoms with Gasteiger partial charge in [0.2, 0.25) is 5.91 Å². The number of nitrogens with zero attached hydrogens (tertiary/aromatic N) is 1. The number of halogens is 1. The molecule has 0 atom stereocenters. The number of amides is 1. The molecule has 1 aliphatic rings. The highest BCUT2D eigenvalue weighted by molar-refractivity contribution is 9.10. The average Bonchev–Trinajstić information content (AvgIpc) is 3.05. The Balaban J connectivity index is 1.39. The molecule has 29 heavy (non-hydrogen) atoms. The molecule has 2 aromatic carbocycles. The lowest BCUT2D eigenvalue weighted by Gasteiger charge is -2.17. The molecule has 0 unspecified atom stereocenters. The van der Waals surface area contributed by atoms with Crippen molar-refractivity contribution >= 4 is 32.7 Å². The summed E-state index contributed by atoms with van der Waals surface area (Å²) in [5, 5.41) is 13.4. The summed E-state index contributed by atoms with van der Waals surface area (Å²) in [6.07, 6.45) is 2.11. The van der Waals surface area contributed by atoms with Crippen molar-refractivity contribution in [2.45, 2.75) is 32.4 Å². The third-order valence-electron chi connectivity index (χ3n) is 5.30. The van der Waals surface area contributed by atoms with Crippen LogP contribution in [0.25, 0.3) is 10.9 Å². The molecule has 0 spiro atoms. The Morgan fingerprint density at radius 3 is 2.86 bits per heavy atom. The molecule has 1 aliphatic heterocycles. The number of hydrogen-bond donors (Lipinski definition) is 3. The lowest BCUT2D eigenvalue weighted by Crippen LogP contribution is -2.25. The van der Waals surface area contributed by atoms with Gasteiger partial charge in [-0.2, -0.15) is 0 Å². The van der Waals surface area contributed by atoms with Crippen LogP contribution in [-0.4, -0.2) is 28.8 Å². The minimum absolute atomic E-state index is 0.146. The van der Waals surface area contributed by atoms with Gasteiger partial charge in [0.15, 0.2) is 0 Å². The lowest BCUT2D eigenvalue weighted by molar-refractivity contribution is -0.128. The van der Waals surface area contributed by atoms with Gasteiger partial charge >= 0.3 is 0 Å². The molecule has 0 radical (unpaired) electrons. The fourth-order valence-corrected chi connectivity index (χ4v) is 4.31. The van der Waals surface area contributed by atoms with Gasteiger partial charge in [-0.3, -0.25) is 10.0 Å². The molecule has 4 rings (SSSR count). The van der Waals surface area contributed by atoms with E-state index in [0.29, 0.717) is 6.61 Å². The van der Waals surface area contributed by atoms with Crippen LogP contribution >= 0.6 is 15.9 Å². The molecular weight excluding hydrogens is 434 g/mol. The summed E-state index contributed by atoms with van der Waals surface area (Å²) in [6.45, 7) is 3.46. The van der Waals surface area contributed by atoms with Crippen molar-refractivity contribution < 1.29 is 14.7 Å². The van der Waals surface area contributed by atoms with E-state index >= 15 is 0 Å². The molecule has 6 nitrogen and oxygen atoms in total. The number of aromatic nitrogens is 1. The van der Waals surface area contributed by atoms with E-state index in [-0.39, 0.29) is 6.42 Å². The molecule has 7 heteroatoms. The molecule has 0 saturated carbocycles. The molecule has 152 valence electrons. The summed E-state index contributed by atoms with van der Waals surface area (Å²) in [6, 6.07) is 13.9. The standard InChI is InChI=1S/C22H24BrN3O3/c23-16-4-7-20-19(13-16)18-8-9-24-14-21(18)26(20)10-1-11-29-17-5-2-15(3-6-17)12-22(27)25-28/h2-7,13,24,28H,1,8-12,14H2,(H,25,27). The number of hydrogen-bond acceptors (Lipinski definition) is 4. The first-order chi connectivity index (χ1) is 14.2. The fraction of sp³-hybridized carbons (Fsp3) is 0.318. The van der Waals surface area contributed by atoms with Gasteiger partial charge in [0, 0.05) is 34.2 Å². The summed E-state index contributed by atoms with van der Waals surface area (Å²) in [7, 11) is 0. The Labute approximate surface area is 177 Å². The third kappa shape index (κ3) is 4.47. The van der Waals surface area contributed by atoms with Crippen LogP contribution < -0.4 is 15.5 Å². The zero-order chi connectivity index (χ0) is 20.2. The van der Waals surface area contributed by atoms with Crippen LogP contribution in [0.15, 0.2) is 46.9 Å². The number of benzene rings is 2. The van der Waals surface area contributed by atoms with Gasteiger partial charge in [-0.1, -0.05) is 28.1 Å². The summed E-state index contributed by atoms with van der Waals surface area (Å²) in [4.78, 5) is 11.2. The molecule has 2 heterocycles. The van der Waals surface area contributed by atoms with Crippen molar-refractivity contribution in [2.75, 3.05) is 13.2 Å². The van der Waals surface area contributed by atoms with Gasteiger partial charge < -0.3 is 14.6 Å². The minimum Gasteiger partial charge on any atom is -0.494 e. The number of fused-ring (bicyclic) bond motifs is 3. The highest BCUT2D eigenvalue weighted by Gasteiger charge is 2.19. The van der Waals surface area contributed by atoms with Crippen LogP contribution in [0, 0.1) is 0 Å². The predicted octanol–water partition coefficient (Wildman–Crippen LogP) is 3.57. The molecular formula is C22H24BrN3O3. The first kappa shape index (κ1) is 19.9. The summed E-state index contributed by atoms with van der Waals surface area (Å²) in [5.41, 5.74) is 6.60. The van der Waals surface area contributed by atoms with Gasteiger partial charge in [0.25, 0.3) is 0 Å². The molecule has 0 bridgehead atoms. The highest BCUT2D eigenvalue weighted by Crippen LogP contribution is 2.31. The van der Waals surface area contributed by atoms with Crippen molar-refractivity contribution in [1.29, 1.82) is 0 Å².